The Labute approximate surface area is 370 Å². The third-order valence-corrected chi connectivity index (χ3v) is 10.1. The van der Waals surface area contributed by atoms with Crippen LogP contribution in [0.25, 0.3) is 0 Å². The molecule has 0 aliphatic heterocycles. The second-order valence-corrected chi connectivity index (χ2v) is 14.5. The molecule has 0 aliphatic rings. The SMILES string of the molecule is C#Cc1ccc(C(c2ccc(C#C)cc2)c2ccc(/C(C=NCCC(OC(=O)c3ccc(C)cc3)C(COC(=O)c3ccc(C)cc3)OC)=N/N)cc2)cc1.C#Cc1ccccc1. The van der Waals surface area contributed by atoms with Crippen molar-refractivity contribution >= 4 is 23.9 Å². The molecular weight excluding hydrogens is 783 g/mol. The highest BCUT2D eigenvalue weighted by atomic mass is 16.6. The molecule has 0 aliphatic carbocycles. The number of rotatable bonds is 15. The maximum absolute atomic E-state index is 13.2. The number of esters is 2. The Balaban J connectivity index is 0.000000840. The van der Waals surface area contributed by atoms with E-state index < -0.39 is 24.1 Å². The van der Waals surface area contributed by atoms with Crippen LogP contribution in [0, 0.1) is 50.9 Å². The van der Waals surface area contributed by atoms with Gasteiger partial charge in [0.25, 0.3) is 0 Å². The summed E-state index contributed by atoms with van der Waals surface area (Å²) in [6, 6.07) is 47.6. The van der Waals surface area contributed by atoms with Crippen molar-refractivity contribution in [2.24, 2.45) is 15.9 Å². The number of ether oxygens (including phenoxy) is 3. The molecule has 0 spiro atoms. The smallest absolute Gasteiger partial charge is 0.338 e. The summed E-state index contributed by atoms with van der Waals surface area (Å²) in [4.78, 5) is 30.6. The average Bonchev–Trinajstić information content (AvgIpc) is 3.33. The van der Waals surface area contributed by atoms with Gasteiger partial charge in [-0.15, -0.1) is 19.3 Å². The Morgan fingerprint density at radius 3 is 1.49 bits per heavy atom. The third-order valence-electron chi connectivity index (χ3n) is 10.1. The van der Waals surface area contributed by atoms with Gasteiger partial charge in [0.2, 0.25) is 0 Å². The van der Waals surface area contributed by atoms with E-state index in [1.54, 1.807) is 30.5 Å². The lowest BCUT2D eigenvalue weighted by molar-refractivity contribution is -0.0626. The van der Waals surface area contributed by atoms with Crippen molar-refractivity contribution < 1.29 is 23.8 Å². The molecule has 0 saturated heterocycles. The maximum Gasteiger partial charge on any atom is 0.338 e. The first kappa shape index (κ1) is 46.1. The highest BCUT2D eigenvalue weighted by Crippen LogP contribution is 2.32. The fourth-order valence-corrected chi connectivity index (χ4v) is 6.51. The van der Waals surface area contributed by atoms with E-state index in [0.29, 0.717) is 16.8 Å². The summed E-state index contributed by atoms with van der Waals surface area (Å²) in [6.07, 6.45) is 16.6. The summed E-state index contributed by atoms with van der Waals surface area (Å²) < 4.78 is 17.2. The number of methoxy groups -OCH3 is 1. The number of nitrogens with two attached hydrogens (primary N) is 1. The maximum atomic E-state index is 13.2. The second-order valence-electron chi connectivity index (χ2n) is 14.5. The molecule has 2 N–H and O–H groups in total. The van der Waals surface area contributed by atoms with Crippen molar-refractivity contribution in [1.82, 2.24) is 0 Å². The predicted molar refractivity (Wildman–Crippen MR) is 252 cm³/mol. The van der Waals surface area contributed by atoms with Crippen LogP contribution in [0.5, 0.6) is 0 Å². The zero-order valence-electron chi connectivity index (χ0n) is 35.6. The molecule has 0 heterocycles. The van der Waals surface area contributed by atoms with Crippen LogP contribution in [0.15, 0.2) is 162 Å². The molecule has 6 aromatic carbocycles. The van der Waals surface area contributed by atoms with Gasteiger partial charge in [0.15, 0.2) is 0 Å². The van der Waals surface area contributed by atoms with E-state index >= 15 is 0 Å². The number of aryl methyl sites for hydroxylation is 2. The van der Waals surface area contributed by atoms with Gasteiger partial charge in [-0.2, -0.15) is 5.10 Å². The van der Waals surface area contributed by atoms with E-state index in [2.05, 4.69) is 27.9 Å². The zero-order chi connectivity index (χ0) is 45.0. The summed E-state index contributed by atoms with van der Waals surface area (Å²) in [7, 11) is 1.48. The number of terminal acetylenes is 3. The van der Waals surface area contributed by atoms with Gasteiger partial charge in [-0.1, -0.05) is 120 Å². The number of carbonyl (C=O) groups is 2. The summed E-state index contributed by atoms with van der Waals surface area (Å²) in [5, 5.41) is 4.00. The van der Waals surface area contributed by atoms with Crippen LogP contribution in [-0.2, 0) is 14.2 Å². The van der Waals surface area contributed by atoms with Crippen LogP contribution in [0.3, 0.4) is 0 Å². The quantitative estimate of drug-likeness (QED) is 0.0276. The summed E-state index contributed by atoms with van der Waals surface area (Å²) in [5.41, 5.74) is 9.81. The highest BCUT2D eigenvalue weighted by molar-refractivity contribution is 6.38. The minimum atomic E-state index is -0.791. The van der Waals surface area contributed by atoms with E-state index in [4.69, 9.17) is 39.3 Å². The van der Waals surface area contributed by atoms with Crippen molar-refractivity contribution in [3.63, 3.8) is 0 Å². The van der Waals surface area contributed by atoms with Gasteiger partial charge in [-0.3, -0.25) is 4.99 Å². The van der Waals surface area contributed by atoms with Gasteiger partial charge < -0.3 is 20.1 Å². The molecule has 63 heavy (non-hydrogen) atoms. The molecule has 8 nitrogen and oxygen atoms in total. The number of hydrogen-bond donors (Lipinski definition) is 1. The number of carbonyl (C=O) groups excluding carboxylic acids is 2. The Morgan fingerprint density at radius 1 is 0.603 bits per heavy atom. The van der Waals surface area contributed by atoms with Crippen molar-refractivity contribution in [2.45, 2.75) is 38.4 Å². The third kappa shape index (κ3) is 13.5. The number of benzene rings is 6. The summed E-state index contributed by atoms with van der Waals surface area (Å²) in [6.45, 7) is 3.97. The molecule has 2 atom stereocenters. The van der Waals surface area contributed by atoms with Gasteiger partial charge >= 0.3 is 11.9 Å². The van der Waals surface area contributed by atoms with Gasteiger partial charge in [-0.05, 0) is 91.2 Å². The van der Waals surface area contributed by atoms with E-state index in [0.717, 1.165) is 50.1 Å². The Kier molecular flexibility index (Phi) is 17.4. The molecular formula is C55H49N3O5. The molecule has 8 heteroatoms. The molecule has 0 radical (unpaired) electrons. The first-order chi connectivity index (χ1) is 30.7. The lowest BCUT2D eigenvalue weighted by Crippen LogP contribution is -2.37. The van der Waals surface area contributed by atoms with Crippen molar-refractivity contribution in [1.29, 1.82) is 0 Å². The van der Waals surface area contributed by atoms with Gasteiger partial charge in [0.05, 0.1) is 11.1 Å². The molecule has 6 rings (SSSR count). The fraction of sp³-hybridized carbons (Fsp3) is 0.164. The number of hydrogen-bond acceptors (Lipinski definition) is 8. The number of hydrazone groups is 1. The predicted octanol–water partition coefficient (Wildman–Crippen LogP) is 9.34. The number of nitrogens with zero attached hydrogens (tertiary/aromatic N) is 2. The Hall–Kier alpha value is -7.96. The van der Waals surface area contributed by atoms with Crippen LogP contribution < -0.4 is 5.84 Å². The molecule has 2 unspecified atom stereocenters. The first-order valence-corrected chi connectivity index (χ1v) is 20.2. The lowest BCUT2D eigenvalue weighted by atomic mass is 9.84. The van der Waals surface area contributed by atoms with Gasteiger partial charge in [-0.25, -0.2) is 9.59 Å². The molecule has 0 saturated carbocycles. The van der Waals surface area contributed by atoms with Crippen LogP contribution in [0.2, 0.25) is 0 Å². The van der Waals surface area contributed by atoms with E-state index in [9.17, 15) is 9.59 Å². The Morgan fingerprint density at radius 2 is 1.05 bits per heavy atom. The molecule has 0 amide bonds. The van der Waals surface area contributed by atoms with Crippen LogP contribution >= 0.6 is 0 Å². The molecule has 314 valence electrons. The zero-order valence-corrected chi connectivity index (χ0v) is 35.6. The second kappa shape index (κ2) is 23.7. The van der Waals surface area contributed by atoms with Crippen molar-refractivity contribution in [3.8, 4) is 37.0 Å². The largest absolute Gasteiger partial charge is 0.459 e. The standard InChI is InChI=1S/C47H43N3O5.C8H6/c1-6-34-12-20-37(21-13-34)45(38-22-14-35(7-2)15-23-38)39-26-24-36(25-27-39)42(50-48)30-49-29-28-43(55-47(52)41-18-10-33(4)11-19-41)44(53-5)31-54-46(51)40-16-8-32(3)9-17-40;1-2-8-6-4-3-5-7-8/h1-2,8-27,30,43-45H,28-29,31,48H2,3-5H3;1,3-7H/b49-30?,50-42+;. The fourth-order valence-electron chi connectivity index (χ4n) is 6.51. The Bertz CT molecular complexity index is 2540. The van der Waals surface area contributed by atoms with Crippen LogP contribution in [0.4, 0.5) is 0 Å². The van der Waals surface area contributed by atoms with Crippen LogP contribution in [0.1, 0.15) is 83.1 Å². The van der Waals surface area contributed by atoms with Gasteiger partial charge in [0.1, 0.15) is 24.5 Å². The monoisotopic (exact) mass is 831 g/mol. The first-order valence-electron chi connectivity index (χ1n) is 20.2. The average molecular weight is 832 g/mol. The highest BCUT2D eigenvalue weighted by Gasteiger charge is 2.28. The topological polar surface area (TPSA) is 113 Å². The molecule has 0 fully saturated rings. The molecule has 6 aromatic rings. The van der Waals surface area contributed by atoms with Gasteiger partial charge in [0, 0.05) is 54.5 Å². The molecule has 0 bridgehead atoms. The van der Waals surface area contributed by atoms with Crippen molar-refractivity contribution in [3.05, 3.63) is 213 Å². The number of aliphatic imine (C=N–C) groups is 1. The van der Waals surface area contributed by atoms with Crippen molar-refractivity contribution in [2.75, 3.05) is 20.3 Å². The van der Waals surface area contributed by atoms with E-state index in [1.807, 2.05) is 141 Å². The lowest BCUT2D eigenvalue weighted by Gasteiger charge is -2.25. The molecule has 0 aromatic heterocycles. The minimum Gasteiger partial charge on any atom is -0.459 e. The van der Waals surface area contributed by atoms with E-state index in [-0.39, 0.29) is 25.5 Å². The normalized spacial score (nSPS) is 11.9. The van der Waals surface area contributed by atoms with E-state index in [1.165, 1.54) is 7.11 Å². The summed E-state index contributed by atoms with van der Waals surface area (Å²) in [5.74, 6) is 12.6. The summed E-state index contributed by atoms with van der Waals surface area (Å²) >= 11 is 0. The minimum absolute atomic E-state index is 0.0796. The van der Waals surface area contributed by atoms with Crippen LogP contribution in [-0.4, -0.2) is 56.3 Å².